The summed E-state index contributed by atoms with van der Waals surface area (Å²) in [5.41, 5.74) is 1.72. The van der Waals surface area contributed by atoms with Gasteiger partial charge in [0.1, 0.15) is 5.82 Å². The number of hydrogen-bond acceptors (Lipinski definition) is 4. The van der Waals surface area contributed by atoms with Crippen molar-refractivity contribution in [2.45, 2.75) is 45.7 Å². The molecule has 2 saturated heterocycles. The Balaban J connectivity index is 1.78. The summed E-state index contributed by atoms with van der Waals surface area (Å²) >= 11 is 0. The molecule has 0 unspecified atom stereocenters. The van der Waals surface area contributed by atoms with E-state index in [1.165, 1.54) is 5.69 Å². The van der Waals surface area contributed by atoms with Crippen molar-refractivity contribution in [3.8, 4) is 0 Å². The Kier molecular flexibility index (Phi) is 4.23. The quantitative estimate of drug-likeness (QED) is 0.912. The maximum atomic E-state index is 12.0. The molecule has 2 aliphatic rings. The van der Waals surface area contributed by atoms with Crippen LogP contribution in [-0.4, -0.2) is 63.2 Å². The van der Waals surface area contributed by atoms with Crippen LogP contribution in [0.4, 0.5) is 0 Å². The SMILES string of the molecule is Cc1nc(CN2CC[C@@]3(C(=O)O)CCCN(C)[C@@H]3C2)n(C)c1C. The molecule has 0 bridgehead atoms. The molecule has 2 fully saturated rings. The van der Waals surface area contributed by atoms with Crippen LogP contribution in [0.2, 0.25) is 0 Å². The van der Waals surface area contributed by atoms with Crippen molar-refractivity contribution in [2.75, 3.05) is 26.7 Å². The van der Waals surface area contributed by atoms with Crippen LogP contribution in [0.1, 0.15) is 36.5 Å². The lowest BCUT2D eigenvalue weighted by atomic mass is 9.68. The minimum Gasteiger partial charge on any atom is -0.481 e. The number of aryl methyl sites for hydroxylation is 1. The Morgan fingerprint density at radius 3 is 2.65 bits per heavy atom. The molecule has 1 aromatic rings. The van der Waals surface area contributed by atoms with E-state index in [1.54, 1.807) is 0 Å². The molecule has 6 heteroatoms. The first-order valence-corrected chi connectivity index (χ1v) is 8.50. The summed E-state index contributed by atoms with van der Waals surface area (Å²) in [5.74, 6) is 0.457. The number of carboxylic acid groups (broad SMARTS) is 1. The van der Waals surface area contributed by atoms with Crippen molar-refractivity contribution in [1.29, 1.82) is 0 Å². The van der Waals surface area contributed by atoms with Crippen LogP contribution in [0.5, 0.6) is 0 Å². The van der Waals surface area contributed by atoms with E-state index in [0.29, 0.717) is 0 Å². The summed E-state index contributed by atoms with van der Waals surface area (Å²) in [4.78, 5) is 21.3. The van der Waals surface area contributed by atoms with Crippen LogP contribution >= 0.6 is 0 Å². The van der Waals surface area contributed by atoms with Crippen LogP contribution in [0.15, 0.2) is 0 Å². The Morgan fingerprint density at radius 1 is 1.30 bits per heavy atom. The highest BCUT2D eigenvalue weighted by atomic mass is 16.4. The number of nitrogens with zero attached hydrogens (tertiary/aromatic N) is 4. The number of aromatic nitrogens is 2. The minimum absolute atomic E-state index is 0.102. The molecule has 0 aromatic carbocycles. The second kappa shape index (κ2) is 5.91. The van der Waals surface area contributed by atoms with Crippen molar-refractivity contribution in [3.05, 3.63) is 17.2 Å². The fourth-order valence-electron chi connectivity index (χ4n) is 4.31. The largest absolute Gasteiger partial charge is 0.481 e. The number of hydrogen-bond donors (Lipinski definition) is 1. The van der Waals surface area contributed by atoms with Crippen molar-refractivity contribution in [3.63, 3.8) is 0 Å². The van der Waals surface area contributed by atoms with Crippen LogP contribution in [-0.2, 0) is 18.4 Å². The number of likely N-dealkylation sites (tertiary alicyclic amines) is 2. The van der Waals surface area contributed by atoms with Crippen LogP contribution in [0, 0.1) is 19.3 Å². The molecule has 0 aliphatic carbocycles. The molecule has 3 heterocycles. The highest BCUT2D eigenvalue weighted by Gasteiger charge is 2.52. The highest BCUT2D eigenvalue weighted by Crippen LogP contribution is 2.42. The fourth-order valence-corrected chi connectivity index (χ4v) is 4.31. The molecular weight excluding hydrogens is 292 g/mol. The first kappa shape index (κ1) is 16.5. The van der Waals surface area contributed by atoms with Gasteiger partial charge in [0.15, 0.2) is 0 Å². The minimum atomic E-state index is -0.614. The first-order valence-electron chi connectivity index (χ1n) is 8.50. The number of rotatable bonds is 3. The summed E-state index contributed by atoms with van der Waals surface area (Å²) in [5, 5.41) is 9.84. The zero-order chi connectivity index (χ0) is 16.8. The zero-order valence-electron chi connectivity index (χ0n) is 14.7. The van der Waals surface area contributed by atoms with Gasteiger partial charge in [-0.25, -0.2) is 4.98 Å². The number of fused-ring (bicyclic) bond motifs is 1. The summed E-state index contributed by atoms with van der Waals surface area (Å²) in [7, 11) is 4.13. The molecule has 128 valence electrons. The molecular formula is C17H28N4O2. The summed E-state index contributed by atoms with van der Waals surface area (Å²) in [6.45, 7) is 7.57. The Morgan fingerprint density at radius 2 is 2.04 bits per heavy atom. The second-order valence-corrected chi connectivity index (χ2v) is 7.30. The van der Waals surface area contributed by atoms with Gasteiger partial charge in [0.05, 0.1) is 17.7 Å². The van der Waals surface area contributed by atoms with Gasteiger partial charge in [-0.3, -0.25) is 9.69 Å². The average molecular weight is 320 g/mol. The second-order valence-electron chi connectivity index (χ2n) is 7.30. The Bertz CT molecular complexity index is 612. The molecule has 0 saturated carbocycles. The van der Waals surface area contributed by atoms with Gasteiger partial charge < -0.3 is 14.6 Å². The van der Waals surface area contributed by atoms with Crippen LogP contribution in [0.3, 0.4) is 0 Å². The summed E-state index contributed by atoms with van der Waals surface area (Å²) in [6, 6.07) is 0.102. The molecule has 1 N–H and O–H groups in total. The van der Waals surface area contributed by atoms with Crippen molar-refractivity contribution in [2.24, 2.45) is 12.5 Å². The normalized spacial score (nSPS) is 29.5. The Labute approximate surface area is 138 Å². The molecule has 1 aromatic heterocycles. The highest BCUT2D eigenvalue weighted by molar-refractivity contribution is 5.76. The zero-order valence-corrected chi connectivity index (χ0v) is 14.7. The van der Waals surface area contributed by atoms with Gasteiger partial charge in [0, 0.05) is 25.3 Å². The van der Waals surface area contributed by atoms with E-state index in [9.17, 15) is 9.90 Å². The van der Waals surface area contributed by atoms with Crippen molar-refractivity contribution < 1.29 is 9.90 Å². The Hall–Kier alpha value is -1.40. The van der Waals surface area contributed by atoms with E-state index in [2.05, 4.69) is 40.4 Å². The maximum Gasteiger partial charge on any atom is 0.311 e. The molecule has 0 radical (unpaired) electrons. The lowest BCUT2D eigenvalue weighted by Crippen LogP contribution is -2.62. The molecule has 0 amide bonds. The van der Waals surface area contributed by atoms with Gasteiger partial charge in [-0.1, -0.05) is 0 Å². The smallest absolute Gasteiger partial charge is 0.311 e. The van der Waals surface area contributed by atoms with E-state index in [4.69, 9.17) is 0 Å². The lowest BCUT2D eigenvalue weighted by Gasteiger charge is -2.51. The monoisotopic (exact) mass is 320 g/mol. The van der Waals surface area contributed by atoms with Gasteiger partial charge in [-0.05, 0) is 53.2 Å². The van der Waals surface area contributed by atoms with Crippen LogP contribution < -0.4 is 0 Å². The number of carbonyl (C=O) groups is 1. The fraction of sp³-hybridized carbons (Fsp3) is 0.765. The number of likely N-dealkylation sites (N-methyl/N-ethyl adjacent to an activating group) is 1. The van der Waals surface area contributed by atoms with E-state index >= 15 is 0 Å². The number of carboxylic acids is 1. The van der Waals surface area contributed by atoms with Gasteiger partial charge >= 0.3 is 5.97 Å². The van der Waals surface area contributed by atoms with E-state index in [-0.39, 0.29) is 6.04 Å². The third-order valence-corrected chi connectivity index (χ3v) is 6.11. The van der Waals surface area contributed by atoms with E-state index in [1.807, 2.05) is 6.92 Å². The predicted octanol–water partition coefficient (Wildman–Crippen LogP) is 1.41. The molecule has 23 heavy (non-hydrogen) atoms. The first-order chi connectivity index (χ1) is 10.8. The maximum absolute atomic E-state index is 12.0. The third kappa shape index (κ3) is 2.68. The van der Waals surface area contributed by atoms with E-state index in [0.717, 1.165) is 57.0 Å². The summed E-state index contributed by atoms with van der Waals surface area (Å²) in [6.07, 6.45) is 2.53. The van der Waals surface area contributed by atoms with Gasteiger partial charge in [-0.2, -0.15) is 0 Å². The lowest BCUT2D eigenvalue weighted by molar-refractivity contribution is -0.162. The van der Waals surface area contributed by atoms with Gasteiger partial charge in [0.2, 0.25) is 0 Å². The van der Waals surface area contributed by atoms with Crippen molar-refractivity contribution in [1.82, 2.24) is 19.4 Å². The number of aliphatic carboxylic acids is 1. The van der Waals surface area contributed by atoms with Crippen LogP contribution in [0.25, 0.3) is 0 Å². The third-order valence-electron chi connectivity index (χ3n) is 6.11. The van der Waals surface area contributed by atoms with Gasteiger partial charge in [0.25, 0.3) is 0 Å². The van der Waals surface area contributed by atoms with Gasteiger partial charge in [-0.15, -0.1) is 0 Å². The number of imidazole rings is 1. The standard InChI is InChI=1S/C17H28N4O2/c1-12-13(2)20(4)15(18-12)11-21-9-7-17(16(22)23)6-5-8-19(3)14(17)10-21/h14H,5-11H2,1-4H3,(H,22,23)/t14-,17+/m1/s1. The molecule has 0 spiro atoms. The van der Waals surface area contributed by atoms with Crippen molar-refractivity contribution >= 4 is 5.97 Å². The predicted molar refractivity (Wildman–Crippen MR) is 88.3 cm³/mol. The molecule has 2 atom stereocenters. The molecule has 6 nitrogen and oxygen atoms in total. The van der Waals surface area contributed by atoms with E-state index < -0.39 is 11.4 Å². The molecule has 3 rings (SSSR count). The number of piperidine rings is 2. The molecule has 2 aliphatic heterocycles. The average Bonchev–Trinajstić information content (AvgIpc) is 2.75. The summed E-state index contributed by atoms with van der Waals surface area (Å²) < 4.78 is 2.15. The topological polar surface area (TPSA) is 61.6 Å².